The van der Waals surface area contributed by atoms with Crippen LogP contribution in [0.4, 0.5) is 0 Å². The van der Waals surface area contributed by atoms with Gasteiger partial charge >= 0.3 is 0 Å². The van der Waals surface area contributed by atoms with Gasteiger partial charge in [0.25, 0.3) is 5.56 Å². The summed E-state index contributed by atoms with van der Waals surface area (Å²) >= 11 is 11.9. The van der Waals surface area contributed by atoms with Crippen molar-refractivity contribution in [2.75, 3.05) is 7.05 Å². The molecule has 0 amide bonds. The SMILES string of the molecule is CN(Cc1cccc(Cl)c1)Cc1cc(=O)n2cc(Cl)ccc2n1. The molecule has 0 aliphatic heterocycles. The minimum absolute atomic E-state index is 0.136. The van der Waals surface area contributed by atoms with Gasteiger partial charge in [0.2, 0.25) is 0 Å². The third-order valence-electron chi connectivity index (χ3n) is 3.45. The maximum atomic E-state index is 12.2. The second-order valence-corrected chi connectivity index (χ2v) is 6.34. The first-order chi connectivity index (χ1) is 11.0. The lowest BCUT2D eigenvalue weighted by molar-refractivity contribution is 0.315. The Balaban J connectivity index is 1.81. The molecule has 0 N–H and O–H groups in total. The normalized spacial score (nSPS) is 11.3. The van der Waals surface area contributed by atoms with Crippen LogP contribution in [-0.2, 0) is 13.1 Å². The number of hydrogen-bond donors (Lipinski definition) is 0. The van der Waals surface area contributed by atoms with Crippen molar-refractivity contribution in [2.45, 2.75) is 13.1 Å². The summed E-state index contributed by atoms with van der Waals surface area (Å²) in [4.78, 5) is 18.8. The number of benzene rings is 1. The van der Waals surface area contributed by atoms with E-state index in [9.17, 15) is 4.79 Å². The molecule has 3 aromatic rings. The van der Waals surface area contributed by atoms with Gasteiger partial charge in [-0.25, -0.2) is 4.98 Å². The number of rotatable bonds is 4. The van der Waals surface area contributed by atoms with E-state index in [0.29, 0.717) is 17.2 Å². The van der Waals surface area contributed by atoms with Crippen LogP contribution in [0.25, 0.3) is 5.65 Å². The summed E-state index contributed by atoms with van der Waals surface area (Å²) in [6, 6.07) is 12.7. The summed E-state index contributed by atoms with van der Waals surface area (Å²) in [6.07, 6.45) is 1.58. The van der Waals surface area contributed by atoms with Crippen molar-refractivity contribution >= 4 is 28.8 Å². The first kappa shape index (κ1) is 16.0. The quantitative estimate of drug-likeness (QED) is 0.723. The second kappa shape index (κ2) is 6.71. The van der Waals surface area contributed by atoms with Crippen LogP contribution in [0, 0.1) is 0 Å². The summed E-state index contributed by atoms with van der Waals surface area (Å²) < 4.78 is 1.45. The van der Waals surface area contributed by atoms with Crippen molar-refractivity contribution in [3.8, 4) is 0 Å². The van der Waals surface area contributed by atoms with E-state index in [4.69, 9.17) is 23.2 Å². The van der Waals surface area contributed by atoms with Crippen LogP contribution in [0.3, 0.4) is 0 Å². The molecule has 0 spiro atoms. The Kier molecular flexibility index (Phi) is 4.66. The molecule has 6 heteroatoms. The summed E-state index contributed by atoms with van der Waals surface area (Å²) in [7, 11) is 1.98. The van der Waals surface area contributed by atoms with Crippen molar-refractivity contribution in [3.05, 3.63) is 80.3 Å². The molecule has 0 saturated carbocycles. The molecule has 3 rings (SSSR count). The lowest BCUT2D eigenvalue weighted by Crippen LogP contribution is -2.21. The Labute approximate surface area is 143 Å². The first-order valence-electron chi connectivity index (χ1n) is 7.12. The van der Waals surface area contributed by atoms with E-state index in [-0.39, 0.29) is 5.56 Å². The predicted octanol–water partition coefficient (Wildman–Crippen LogP) is 3.63. The fraction of sp³-hybridized carbons (Fsp3) is 0.176. The molecular weight excluding hydrogens is 333 g/mol. The molecule has 4 nitrogen and oxygen atoms in total. The molecule has 2 aromatic heterocycles. The van der Waals surface area contributed by atoms with Gasteiger partial charge in [0, 0.05) is 30.4 Å². The van der Waals surface area contributed by atoms with Crippen LogP contribution in [0.5, 0.6) is 0 Å². The van der Waals surface area contributed by atoms with E-state index in [0.717, 1.165) is 22.8 Å². The standard InChI is InChI=1S/C17H15Cl2N3O/c1-21(9-12-3-2-4-13(18)7-12)11-15-8-17(23)22-10-14(19)5-6-16(22)20-15/h2-8,10H,9,11H2,1H3. The van der Waals surface area contributed by atoms with Gasteiger partial charge in [0.15, 0.2) is 0 Å². The van der Waals surface area contributed by atoms with Gasteiger partial charge in [-0.2, -0.15) is 0 Å². The van der Waals surface area contributed by atoms with E-state index in [2.05, 4.69) is 9.88 Å². The maximum Gasteiger partial charge on any atom is 0.258 e. The van der Waals surface area contributed by atoms with Crippen LogP contribution < -0.4 is 5.56 Å². The number of pyridine rings is 1. The average molecular weight is 348 g/mol. The molecule has 0 unspecified atom stereocenters. The van der Waals surface area contributed by atoms with E-state index < -0.39 is 0 Å². The highest BCUT2D eigenvalue weighted by Gasteiger charge is 2.07. The zero-order valence-electron chi connectivity index (χ0n) is 12.5. The molecule has 0 saturated heterocycles. The van der Waals surface area contributed by atoms with E-state index in [1.54, 1.807) is 18.3 Å². The fourth-order valence-corrected chi connectivity index (χ4v) is 2.86. The maximum absolute atomic E-state index is 12.2. The highest BCUT2D eigenvalue weighted by atomic mass is 35.5. The molecule has 23 heavy (non-hydrogen) atoms. The molecule has 0 atom stereocenters. The number of fused-ring (bicyclic) bond motifs is 1. The van der Waals surface area contributed by atoms with Crippen molar-refractivity contribution in [3.63, 3.8) is 0 Å². The van der Waals surface area contributed by atoms with Crippen molar-refractivity contribution in [1.82, 2.24) is 14.3 Å². The van der Waals surface area contributed by atoms with E-state index in [1.165, 1.54) is 10.5 Å². The van der Waals surface area contributed by atoms with Crippen LogP contribution in [0.2, 0.25) is 10.0 Å². The molecule has 1 aromatic carbocycles. The largest absolute Gasteiger partial charge is 0.296 e. The van der Waals surface area contributed by atoms with Crippen molar-refractivity contribution < 1.29 is 0 Å². The van der Waals surface area contributed by atoms with Crippen LogP contribution in [0.1, 0.15) is 11.3 Å². The minimum atomic E-state index is -0.136. The Morgan fingerprint density at radius 3 is 2.70 bits per heavy atom. The monoisotopic (exact) mass is 347 g/mol. The second-order valence-electron chi connectivity index (χ2n) is 5.46. The summed E-state index contributed by atoms with van der Waals surface area (Å²) in [6.45, 7) is 1.29. The molecular formula is C17H15Cl2N3O. The Hall–Kier alpha value is -1.88. The van der Waals surface area contributed by atoms with Crippen LogP contribution in [0.15, 0.2) is 53.5 Å². The summed E-state index contributed by atoms with van der Waals surface area (Å²) in [5.41, 5.74) is 2.29. The van der Waals surface area contributed by atoms with E-state index >= 15 is 0 Å². The third kappa shape index (κ3) is 3.91. The van der Waals surface area contributed by atoms with Gasteiger partial charge in [-0.05, 0) is 36.9 Å². The minimum Gasteiger partial charge on any atom is -0.296 e. The van der Waals surface area contributed by atoms with Gasteiger partial charge in [0.05, 0.1) is 10.7 Å². The molecule has 0 fully saturated rings. The highest BCUT2D eigenvalue weighted by molar-refractivity contribution is 6.30. The zero-order valence-corrected chi connectivity index (χ0v) is 14.1. The Morgan fingerprint density at radius 2 is 1.91 bits per heavy atom. The topological polar surface area (TPSA) is 37.6 Å². The number of halogens is 2. The third-order valence-corrected chi connectivity index (χ3v) is 3.91. The fourth-order valence-electron chi connectivity index (χ4n) is 2.49. The van der Waals surface area contributed by atoms with Crippen LogP contribution >= 0.6 is 23.2 Å². The van der Waals surface area contributed by atoms with Gasteiger partial charge in [-0.1, -0.05) is 35.3 Å². The zero-order chi connectivity index (χ0) is 16.4. The van der Waals surface area contributed by atoms with Crippen molar-refractivity contribution in [1.29, 1.82) is 0 Å². The smallest absolute Gasteiger partial charge is 0.258 e. The van der Waals surface area contributed by atoms with Gasteiger partial charge in [0.1, 0.15) is 5.65 Å². The molecule has 0 radical (unpaired) electrons. The van der Waals surface area contributed by atoms with Gasteiger partial charge in [-0.15, -0.1) is 0 Å². The Bertz CT molecular complexity index is 908. The average Bonchev–Trinajstić information content (AvgIpc) is 2.48. The summed E-state index contributed by atoms with van der Waals surface area (Å²) in [5.74, 6) is 0. The highest BCUT2D eigenvalue weighted by Crippen LogP contribution is 2.13. The molecule has 0 bridgehead atoms. The molecule has 0 aliphatic carbocycles. The van der Waals surface area contributed by atoms with Gasteiger partial charge in [-0.3, -0.25) is 14.1 Å². The van der Waals surface area contributed by atoms with Crippen molar-refractivity contribution in [2.24, 2.45) is 0 Å². The van der Waals surface area contributed by atoms with Gasteiger partial charge < -0.3 is 0 Å². The predicted molar refractivity (Wildman–Crippen MR) is 93.1 cm³/mol. The number of hydrogen-bond acceptors (Lipinski definition) is 3. The molecule has 2 heterocycles. The number of aromatic nitrogens is 2. The lowest BCUT2D eigenvalue weighted by Gasteiger charge is -2.16. The molecule has 0 aliphatic rings. The lowest BCUT2D eigenvalue weighted by atomic mass is 10.2. The molecule has 118 valence electrons. The number of nitrogens with zero attached hydrogens (tertiary/aromatic N) is 3. The van der Waals surface area contributed by atoms with E-state index in [1.807, 2.05) is 31.3 Å². The Morgan fingerprint density at radius 1 is 1.09 bits per heavy atom. The summed E-state index contributed by atoms with van der Waals surface area (Å²) in [5, 5.41) is 1.22. The van der Waals surface area contributed by atoms with Crippen LogP contribution in [-0.4, -0.2) is 21.3 Å². The first-order valence-corrected chi connectivity index (χ1v) is 7.88.